The van der Waals surface area contributed by atoms with Gasteiger partial charge in [0.2, 0.25) is 0 Å². The Morgan fingerprint density at radius 3 is 2.93 bits per heavy atom. The highest BCUT2D eigenvalue weighted by atomic mass is 16.5. The molecule has 0 radical (unpaired) electrons. The van der Waals surface area contributed by atoms with Crippen molar-refractivity contribution in [3.63, 3.8) is 0 Å². The summed E-state index contributed by atoms with van der Waals surface area (Å²) < 4.78 is 10.7. The summed E-state index contributed by atoms with van der Waals surface area (Å²) in [4.78, 5) is 0. The SMILES string of the molecule is COC1CCCC(O)(C2CCOC2)C1. The van der Waals surface area contributed by atoms with Gasteiger partial charge >= 0.3 is 0 Å². The van der Waals surface area contributed by atoms with E-state index in [9.17, 15) is 5.11 Å². The molecule has 1 saturated heterocycles. The Labute approximate surface area is 85.4 Å². The molecule has 14 heavy (non-hydrogen) atoms. The molecule has 3 unspecified atom stereocenters. The number of rotatable bonds is 2. The van der Waals surface area contributed by atoms with Gasteiger partial charge in [-0.3, -0.25) is 0 Å². The van der Waals surface area contributed by atoms with E-state index in [1.807, 2.05) is 0 Å². The molecule has 2 fully saturated rings. The van der Waals surface area contributed by atoms with Gasteiger partial charge in [-0.25, -0.2) is 0 Å². The Hall–Kier alpha value is -0.120. The minimum atomic E-state index is -0.518. The molecule has 1 heterocycles. The maximum Gasteiger partial charge on any atom is 0.0723 e. The highest BCUT2D eigenvalue weighted by Crippen LogP contribution is 2.38. The summed E-state index contributed by atoms with van der Waals surface area (Å²) in [6.45, 7) is 1.54. The van der Waals surface area contributed by atoms with Crippen LogP contribution in [0, 0.1) is 5.92 Å². The molecular weight excluding hydrogens is 180 g/mol. The van der Waals surface area contributed by atoms with Crippen LogP contribution in [-0.4, -0.2) is 37.1 Å². The lowest BCUT2D eigenvalue weighted by Gasteiger charge is -2.39. The van der Waals surface area contributed by atoms with Crippen LogP contribution in [0.5, 0.6) is 0 Å². The number of methoxy groups -OCH3 is 1. The van der Waals surface area contributed by atoms with E-state index in [1.54, 1.807) is 7.11 Å². The molecule has 1 N–H and O–H groups in total. The largest absolute Gasteiger partial charge is 0.389 e. The van der Waals surface area contributed by atoms with Crippen molar-refractivity contribution in [3.05, 3.63) is 0 Å². The molecule has 0 aromatic rings. The molecule has 1 saturated carbocycles. The van der Waals surface area contributed by atoms with Crippen LogP contribution in [0.15, 0.2) is 0 Å². The molecule has 0 aromatic heterocycles. The van der Waals surface area contributed by atoms with E-state index in [-0.39, 0.29) is 6.10 Å². The van der Waals surface area contributed by atoms with Crippen LogP contribution in [-0.2, 0) is 9.47 Å². The first-order chi connectivity index (χ1) is 6.74. The first-order valence-electron chi connectivity index (χ1n) is 5.57. The maximum absolute atomic E-state index is 10.5. The summed E-state index contributed by atoms with van der Waals surface area (Å²) in [5, 5.41) is 10.5. The van der Waals surface area contributed by atoms with Gasteiger partial charge in [0.15, 0.2) is 0 Å². The molecule has 0 spiro atoms. The zero-order chi connectivity index (χ0) is 10.0. The van der Waals surface area contributed by atoms with E-state index < -0.39 is 5.60 Å². The Morgan fingerprint density at radius 2 is 2.29 bits per heavy atom. The molecule has 1 aliphatic carbocycles. The van der Waals surface area contributed by atoms with Gasteiger partial charge in [0.1, 0.15) is 0 Å². The molecule has 2 aliphatic rings. The number of ether oxygens (including phenoxy) is 2. The molecule has 0 amide bonds. The van der Waals surface area contributed by atoms with Crippen molar-refractivity contribution < 1.29 is 14.6 Å². The number of hydrogen-bond acceptors (Lipinski definition) is 3. The summed E-state index contributed by atoms with van der Waals surface area (Å²) in [7, 11) is 1.74. The molecular formula is C11H20O3. The van der Waals surface area contributed by atoms with E-state index in [1.165, 1.54) is 0 Å². The van der Waals surface area contributed by atoms with Gasteiger partial charge in [-0.15, -0.1) is 0 Å². The highest BCUT2D eigenvalue weighted by molar-refractivity contribution is 4.93. The summed E-state index contributed by atoms with van der Waals surface area (Å²) >= 11 is 0. The van der Waals surface area contributed by atoms with Gasteiger partial charge < -0.3 is 14.6 Å². The van der Waals surface area contributed by atoms with E-state index >= 15 is 0 Å². The molecule has 3 atom stereocenters. The number of hydrogen-bond donors (Lipinski definition) is 1. The van der Waals surface area contributed by atoms with Crippen molar-refractivity contribution in [2.75, 3.05) is 20.3 Å². The molecule has 2 rings (SSSR count). The third-order valence-electron chi connectivity index (χ3n) is 3.74. The molecule has 3 nitrogen and oxygen atoms in total. The Morgan fingerprint density at radius 1 is 1.43 bits per heavy atom. The second-order valence-corrected chi connectivity index (χ2v) is 4.62. The van der Waals surface area contributed by atoms with Gasteiger partial charge in [0.05, 0.1) is 18.3 Å². The fraction of sp³-hybridized carbons (Fsp3) is 1.00. The summed E-state index contributed by atoms with van der Waals surface area (Å²) in [5.41, 5.74) is -0.518. The lowest BCUT2D eigenvalue weighted by atomic mass is 9.74. The van der Waals surface area contributed by atoms with Crippen molar-refractivity contribution in [2.45, 2.75) is 43.8 Å². The standard InChI is InChI=1S/C11H20O3/c1-13-10-3-2-5-11(12,7-10)9-4-6-14-8-9/h9-10,12H,2-8H2,1H3. The monoisotopic (exact) mass is 200 g/mol. The Bertz CT molecular complexity index is 189. The second-order valence-electron chi connectivity index (χ2n) is 4.62. The third kappa shape index (κ3) is 1.95. The van der Waals surface area contributed by atoms with Crippen molar-refractivity contribution in [3.8, 4) is 0 Å². The highest BCUT2D eigenvalue weighted by Gasteiger charge is 2.42. The minimum absolute atomic E-state index is 0.245. The Kier molecular flexibility index (Phi) is 3.10. The predicted molar refractivity (Wildman–Crippen MR) is 53.1 cm³/mol. The Balaban J connectivity index is 1.98. The van der Waals surface area contributed by atoms with E-state index in [0.717, 1.165) is 45.3 Å². The van der Waals surface area contributed by atoms with Crippen molar-refractivity contribution in [1.82, 2.24) is 0 Å². The van der Waals surface area contributed by atoms with E-state index in [0.29, 0.717) is 5.92 Å². The minimum Gasteiger partial charge on any atom is -0.389 e. The van der Waals surface area contributed by atoms with Crippen LogP contribution in [0.2, 0.25) is 0 Å². The van der Waals surface area contributed by atoms with Gasteiger partial charge in [-0.1, -0.05) is 0 Å². The average molecular weight is 200 g/mol. The summed E-state index contributed by atoms with van der Waals surface area (Å²) in [5.74, 6) is 0.334. The van der Waals surface area contributed by atoms with Crippen molar-refractivity contribution >= 4 is 0 Å². The maximum atomic E-state index is 10.5. The molecule has 0 aromatic carbocycles. The summed E-state index contributed by atoms with van der Waals surface area (Å²) in [6.07, 6.45) is 5.12. The normalized spacial score (nSPS) is 44.1. The van der Waals surface area contributed by atoms with Crippen molar-refractivity contribution in [1.29, 1.82) is 0 Å². The van der Waals surface area contributed by atoms with Crippen LogP contribution >= 0.6 is 0 Å². The first-order valence-corrected chi connectivity index (χ1v) is 5.57. The second kappa shape index (κ2) is 4.17. The molecule has 3 heteroatoms. The average Bonchev–Trinajstić information content (AvgIpc) is 2.71. The van der Waals surface area contributed by atoms with E-state index in [2.05, 4.69) is 0 Å². The van der Waals surface area contributed by atoms with E-state index in [4.69, 9.17) is 9.47 Å². The lowest BCUT2D eigenvalue weighted by molar-refractivity contribution is -0.0945. The molecule has 1 aliphatic heterocycles. The zero-order valence-electron chi connectivity index (χ0n) is 8.87. The number of aliphatic hydroxyl groups is 1. The van der Waals surface area contributed by atoms with Crippen LogP contribution in [0.3, 0.4) is 0 Å². The van der Waals surface area contributed by atoms with Crippen molar-refractivity contribution in [2.24, 2.45) is 5.92 Å². The fourth-order valence-corrected chi connectivity index (χ4v) is 2.76. The van der Waals surface area contributed by atoms with Gasteiger partial charge in [0.25, 0.3) is 0 Å². The predicted octanol–water partition coefficient (Wildman–Crippen LogP) is 1.34. The topological polar surface area (TPSA) is 38.7 Å². The smallest absolute Gasteiger partial charge is 0.0723 e. The lowest BCUT2D eigenvalue weighted by Crippen LogP contribution is -2.44. The van der Waals surface area contributed by atoms with Gasteiger partial charge in [-0.05, 0) is 25.7 Å². The van der Waals surface area contributed by atoms with Gasteiger partial charge in [-0.2, -0.15) is 0 Å². The van der Waals surface area contributed by atoms with Crippen LogP contribution in [0.25, 0.3) is 0 Å². The molecule has 0 bridgehead atoms. The third-order valence-corrected chi connectivity index (χ3v) is 3.74. The van der Waals surface area contributed by atoms with Crippen LogP contribution in [0.4, 0.5) is 0 Å². The van der Waals surface area contributed by atoms with Crippen LogP contribution in [0.1, 0.15) is 32.1 Å². The zero-order valence-corrected chi connectivity index (χ0v) is 8.87. The van der Waals surface area contributed by atoms with Gasteiger partial charge in [0, 0.05) is 26.1 Å². The molecule has 82 valence electrons. The fourth-order valence-electron chi connectivity index (χ4n) is 2.76. The summed E-state index contributed by atoms with van der Waals surface area (Å²) in [6, 6.07) is 0. The first kappa shape index (κ1) is 10.4. The quantitative estimate of drug-likeness (QED) is 0.731. The van der Waals surface area contributed by atoms with Crippen LogP contribution < -0.4 is 0 Å².